The fourth-order valence-electron chi connectivity index (χ4n) is 3.12. The van der Waals surface area contributed by atoms with E-state index in [9.17, 15) is 23.1 Å². The van der Waals surface area contributed by atoms with Crippen LogP contribution in [0.15, 0.2) is 11.6 Å². The molecule has 98 valence electrons. The van der Waals surface area contributed by atoms with Crippen LogP contribution in [0.2, 0.25) is 0 Å². The van der Waals surface area contributed by atoms with E-state index >= 15 is 0 Å². The maximum Gasteiger partial charge on any atom is 0.401 e. The Kier molecular flexibility index (Phi) is 2.82. The molecule has 0 radical (unpaired) electrons. The van der Waals surface area contributed by atoms with Crippen molar-refractivity contribution in [2.75, 3.05) is 0 Å². The summed E-state index contributed by atoms with van der Waals surface area (Å²) in [5.74, 6) is 1.60. The first-order valence-electron chi connectivity index (χ1n) is 5.77. The highest BCUT2D eigenvalue weighted by molar-refractivity contribution is 5.92. The number of rotatable bonds is 0. The highest BCUT2D eigenvalue weighted by atomic mass is 19.4. The lowest BCUT2D eigenvalue weighted by Gasteiger charge is -2.51. The van der Waals surface area contributed by atoms with Crippen LogP contribution in [0.5, 0.6) is 0 Å². The van der Waals surface area contributed by atoms with Crippen LogP contribution in [-0.2, 0) is 4.79 Å². The Hall–Kier alpha value is -1.28. The molecule has 0 aromatic rings. The quantitative estimate of drug-likeness (QED) is 0.677. The van der Waals surface area contributed by atoms with E-state index in [-0.39, 0.29) is 30.6 Å². The predicted octanol–water partition coefficient (Wildman–Crippen LogP) is 2.37. The van der Waals surface area contributed by atoms with Crippen molar-refractivity contribution in [2.45, 2.75) is 43.9 Å². The van der Waals surface area contributed by atoms with E-state index in [1.165, 1.54) is 0 Å². The third-order valence-electron chi connectivity index (χ3n) is 4.04. The van der Waals surface area contributed by atoms with Gasteiger partial charge in [0, 0.05) is 6.42 Å². The lowest BCUT2D eigenvalue weighted by Crippen LogP contribution is -2.60. The third-order valence-corrected chi connectivity index (χ3v) is 4.04. The molecular weight excluding hydrogens is 245 g/mol. The van der Waals surface area contributed by atoms with Gasteiger partial charge in [-0.2, -0.15) is 13.2 Å². The topological polar surface area (TPSA) is 37.3 Å². The molecule has 0 amide bonds. The zero-order valence-electron chi connectivity index (χ0n) is 9.68. The monoisotopic (exact) mass is 258 g/mol. The Morgan fingerprint density at radius 2 is 2.00 bits per heavy atom. The van der Waals surface area contributed by atoms with Crippen molar-refractivity contribution >= 4 is 5.78 Å². The van der Waals surface area contributed by atoms with Gasteiger partial charge in [-0.1, -0.05) is 5.92 Å². The molecule has 1 saturated carbocycles. The molecule has 2 nitrogen and oxygen atoms in total. The van der Waals surface area contributed by atoms with Crippen LogP contribution in [0.3, 0.4) is 0 Å². The molecule has 0 aromatic carbocycles. The smallest absolute Gasteiger partial charge is 0.376 e. The van der Waals surface area contributed by atoms with Gasteiger partial charge < -0.3 is 5.11 Å². The first-order valence-corrected chi connectivity index (χ1v) is 5.77. The van der Waals surface area contributed by atoms with Crippen molar-refractivity contribution in [3.05, 3.63) is 11.6 Å². The van der Waals surface area contributed by atoms with Crippen LogP contribution in [-0.4, -0.2) is 22.7 Å². The summed E-state index contributed by atoms with van der Waals surface area (Å²) in [6.07, 6.45) is 1.27. The minimum atomic E-state index is -4.65. The van der Waals surface area contributed by atoms with E-state index in [1.54, 1.807) is 0 Å². The molecule has 18 heavy (non-hydrogen) atoms. The predicted molar refractivity (Wildman–Crippen MR) is 58.4 cm³/mol. The van der Waals surface area contributed by atoms with E-state index < -0.39 is 23.6 Å². The molecule has 0 spiro atoms. The van der Waals surface area contributed by atoms with Gasteiger partial charge in [-0.05, 0) is 37.3 Å². The van der Waals surface area contributed by atoms with Gasteiger partial charge >= 0.3 is 6.18 Å². The number of aliphatic hydroxyl groups is 1. The molecular formula is C13H13F3O2. The number of hydrogen-bond donors (Lipinski definition) is 1. The minimum Gasteiger partial charge on any atom is -0.376 e. The van der Waals surface area contributed by atoms with E-state index in [4.69, 9.17) is 6.42 Å². The van der Waals surface area contributed by atoms with E-state index in [0.29, 0.717) is 6.42 Å². The lowest BCUT2D eigenvalue weighted by molar-refractivity contribution is -0.266. The second kappa shape index (κ2) is 3.86. The summed E-state index contributed by atoms with van der Waals surface area (Å²) in [6, 6.07) is 0. The number of carbonyl (C=O) groups is 1. The number of alkyl halides is 3. The first kappa shape index (κ1) is 13.2. The zero-order chi connectivity index (χ0) is 13.6. The highest BCUT2D eigenvalue weighted by Crippen LogP contribution is 2.60. The highest BCUT2D eigenvalue weighted by Gasteiger charge is 2.69. The Labute approximate surface area is 103 Å². The molecule has 0 saturated heterocycles. The molecule has 0 bridgehead atoms. The average molecular weight is 258 g/mol. The summed E-state index contributed by atoms with van der Waals surface area (Å²) >= 11 is 0. The molecule has 0 unspecified atom stereocenters. The van der Waals surface area contributed by atoms with Crippen LogP contribution in [0, 0.1) is 17.8 Å². The second-order valence-corrected chi connectivity index (χ2v) is 4.90. The van der Waals surface area contributed by atoms with Crippen LogP contribution in [0.4, 0.5) is 13.2 Å². The van der Waals surface area contributed by atoms with Crippen LogP contribution < -0.4 is 0 Å². The van der Waals surface area contributed by atoms with Crippen molar-refractivity contribution in [3.8, 4) is 12.3 Å². The van der Waals surface area contributed by atoms with Gasteiger partial charge in [-0.25, -0.2) is 0 Å². The number of ketones is 1. The standard InChI is InChI=1S/C13H13F3O2/c1-2-11(18)6-3-4-9-8-10(17)5-7-12(9,11)13(14,15)16/h1,8,18H,3-7H2/t11-,12+/m0/s1. The molecule has 0 aliphatic heterocycles. The molecule has 2 aliphatic rings. The third kappa shape index (κ3) is 1.52. The SMILES string of the molecule is C#C[C@]1(O)CCCC2=CC(=O)CC[C@@]21C(F)(F)F. The normalized spacial score (nSPS) is 36.6. The number of carbonyl (C=O) groups excluding carboxylic acids is 1. The van der Waals surface area contributed by atoms with E-state index in [1.807, 2.05) is 5.92 Å². The van der Waals surface area contributed by atoms with E-state index in [0.717, 1.165) is 6.08 Å². The number of fused-ring (bicyclic) bond motifs is 1. The summed E-state index contributed by atoms with van der Waals surface area (Å²) < 4.78 is 40.4. The minimum absolute atomic E-state index is 0.0575. The van der Waals surface area contributed by atoms with Gasteiger partial charge in [-0.3, -0.25) is 4.79 Å². The number of hydrogen-bond acceptors (Lipinski definition) is 2. The second-order valence-electron chi connectivity index (χ2n) is 4.90. The molecule has 2 aliphatic carbocycles. The Balaban J connectivity index is 2.66. The van der Waals surface area contributed by atoms with E-state index in [2.05, 4.69) is 0 Å². The summed E-state index contributed by atoms with van der Waals surface area (Å²) in [5, 5.41) is 10.2. The molecule has 2 atom stereocenters. The van der Waals surface area contributed by atoms with Crippen molar-refractivity contribution in [1.82, 2.24) is 0 Å². The summed E-state index contributed by atoms with van der Waals surface area (Å²) in [6.45, 7) is 0. The zero-order valence-corrected chi connectivity index (χ0v) is 9.68. The number of halogens is 3. The fraction of sp³-hybridized carbons (Fsp3) is 0.615. The van der Waals surface area contributed by atoms with Gasteiger partial charge in [0.15, 0.2) is 5.78 Å². The molecule has 1 fully saturated rings. The number of allylic oxidation sites excluding steroid dienone is 1. The molecule has 1 N–H and O–H groups in total. The fourth-order valence-corrected chi connectivity index (χ4v) is 3.12. The lowest BCUT2D eigenvalue weighted by atomic mass is 9.56. The Morgan fingerprint density at radius 1 is 1.33 bits per heavy atom. The van der Waals surface area contributed by atoms with Crippen LogP contribution in [0.25, 0.3) is 0 Å². The Bertz CT molecular complexity index is 458. The van der Waals surface area contributed by atoms with Gasteiger partial charge in [0.2, 0.25) is 0 Å². The largest absolute Gasteiger partial charge is 0.401 e. The van der Waals surface area contributed by atoms with Gasteiger partial charge in [0.25, 0.3) is 0 Å². The maximum atomic E-state index is 13.5. The Morgan fingerprint density at radius 3 is 2.56 bits per heavy atom. The summed E-state index contributed by atoms with van der Waals surface area (Å²) in [4.78, 5) is 11.3. The van der Waals surface area contributed by atoms with Crippen LogP contribution in [0.1, 0.15) is 32.1 Å². The maximum absolute atomic E-state index is 13.5. The molecule has 5 heteroatoms. The summed E-state index contributed by atoms with van der Waals surface area (Å²) in [7, 11) is 0. The van der Waals surface area contributed by atoms with Gasteiger partial charge in [0.1, 0.15) is 11.0 Å². The molecule has 0 aromatic heterocycles. The van der Waals surface area contributed by atoms with Crippen molar-refractivity contribution in [2.24, 2.45) is 5.41 Å². The van der Waals surface area contributed by atoms with Crippen molar-refractivity contribution < 1.29 is 23.1 Å². The van der Waals surface area contributed by atoms with Crippen LogP contribution >= 0.6 is 0 Å². The molecule has 2 rings (SSSR count). The summed E-state index contributed by atoms with van der Waals surface area (Å²) in [5.41, 5.74) is -4.74. The average Bonchev–Trinajstić information content (AvgIpc) is 2.27. The van der Waals surface area contributed by atoms with Crippen molar-refractivity contribution in [3.63, 3.8) is 0 Å². The number of terminal acetylenes is 1. The van der Waals surface area contributed by atoms with Crippen molar-refractivity contribution in [1.29, 1.82) is 0 Å². The molecule has 0 heterocycles. The van der Waals surface area contributed by atoms with Gasteiger partial charge in [-0.15, -0.1) is 6.42 Å². The van der Waals surface area contributed by atoms with Gasteiger partial charge in [0.05, 0.1) is 0 Å². The first-order chi connectivity index (χ1) is 8.27.